The van der Waals surface area contributed by atoms with Crippen molar-refractivity contribution in [3.63, 3.8) is 0 Å². The van der Waals surface area contributed by atoms with Gasteiger partial charge in [0.15, 0.2) is 6.10 Å². The number of aliphatic carboxylic acids is 2. The summed E-state index contributed by atoms with van der Waals surface area (Å²) in [5, 5.41) is 41.4. The molecular formula is C26H30ClN3O7. The van der Waals surface area contributed by atoms with Gasteiger partial charge in [0.1, 0.15) is 6.10 Å². The molecular weight excluding hydrogens is 502 g/mol. The average molecular weight is 532 g/mol. The Morgan fingerprint density at radius 1 is 1.08 bits per heavy atom. The van der Waals surface area contributed by atoms with Crippen molar-refractivity contribution in [3.8, 4) is 0 Å². The molecule has 4 N–H and O–H groups in total. The number of quaternary nitrogens is 1. The minimum Gasteiger partial charge on any atom is -0.547 e. The lowest BCUT2D eigenvalue weighted by Gasteiger charge is -2.18. The number of carbonyl (C=O) groups is 2. The number of carboxylic acid groups (broad SMARTS) is 2. The number of nitrogens with zero attached hydrogens (tertiary/aromatic N) is 2. The molecule has 198 valence electrons. The van der Waals surface area contributed by atoms with Gasteiger partial charge in [-0.1, -0.05) is 41.9 Å². The van der Waals surface area contributed by atoms with Crippen LogP contribution in [0.15, 0.2) is 53.3 Å². The van der Waals surface area contributed by atoms with Crippen molar-refractivity contribution >= 4 is 34.3 Å². The number of hydrogen-bond donors (Lipinski definition) is 4. The van der Waals surface area contributed by atoms with E-state index in [0.29, 0.717) is 6.42 Å². The minimum absolute atomic E-state index is 0.0370. The first-order valence-corrected chi connectivity index (χ1v) is 12.3. The van der Waals surface area contributed by atoms with Crippen LogP contribution in [0.2, 0.25) is 5.02 Å². The lowest BCUT2D eigenvalue weighted by molar-refractivity contribution is -0.878. The molecule has 0 bridgehead atoms. The Morgan fingerprint density at radius 3 is 2.32 bits per heavy atom. The van der Waals surface area contributed by atoms with Crippen molar-refractivity contribution in [1.29, 1.82) is 0 Å². The summed E-state index contributed by atoms with van der Waals surface area (Å²) in [5.74, 6) is -3.83. The van der Waals surface area contributed by atoms with Crippen LogP contribution in [0.4, 0.5) is 0 Å². The zero-order valence-corrected chi connectivity index (χ0v) is 21.1. The highest BCUT2D eigenvalue weighted by Gasteiger charge is 2.24. The maximum atomic E-state index is 13.1. The molecule has 1 aliphatic rings. The van der Waals surface area contributed by atoms with Crippen molar-refractivity contribution < 1.29 is 34.9 Å². The number of carbonyl (C=O) groups excluding carboxylic acids is 1. The normalized spacial score (nSPS) is 19.2. The van der Waals surface area contributed by atoms with Crippen LogP contribution in [0, 0.1) is 0 Å². The first-order valence-electron chi connectivity index (χ1n) is 11.9. The molecule has 0 saturated carbocycles. The summed E-state index contributed by atoms with van der Waals surface area (Å²) in [6.45, 7) is 2.24. The number of halogens is 1. The van der Waals surface area contributed by atoms with E-state index in [1.54, 1.807) is 4.68 Å². The number of aliphatic hydroxyl groups excluding tert-OH is 2. The molecule has 1 saturated heterocycles. The molecule has 1 aliphatic heterocycles. The molecule has 3 aromatic rings. The summed E-state index contributed by atoms with van der Waals surface area (Å²) in [7, 11) is 2.23. The first-order chi connectivity index (χ1) is 17.6. The Bertz CT molecular complexity index is 1280. The topological polar surface area (TPSA) is 157 Å². The predicted octanol–water partition coefficient (Wildman–Crippen LogP) is -0.577. The number of aliphatic hydroxyl groups is 2. The maximum Gasteiger partial charge on any atom is 0.335 e. The highest BCUT2D eigenvalue weighted by Crippen LogP contribution is 2.22. The van der Waals surface area contributed by atoms with E-state index in [1.165, 1.54) is 4.90 Å². The molecule has 1 aromatic heterocycles. The van der Waals surface area contributed by atoms with Crippen molar-refractivity contribution in [3.05, 3.63) is 75.2 Å². The van der Waals surface area contributed by atoms with Crippen molar-refractivity contribution in [1.82, 2.24) is 9.78 Å². The molecule has 0 spiro atoms. The lowest BCUT2D eigenvalue weighted by Crippen LogP contribution is -3.08. The van der Waals surface area contributed by atoms with Gasteiger partial charge in [0.25, 0.3) is 5.56 Å². The highest BCUT2D eigenvalue weighted by atomic mass is 35.5. The number of hydrogen-bond acceptors (Lipinski definition) is 7. The molecule has 4 atom stereocenters. The molecule has 2 aromatic carbocycles. The fraction of sp³-hybridized carbons (Fsp3) is 0.385. The van der Waals surface area contributed by atoms with E-state index >= 15 is 0 Å². The molecule has 10 nitrogen and oxygen atoms in total. The van der Waals surface area contributed by atoms with Gasteiger partial charge in [0.2, 0.25) is 0 Å². The number of carboxylic acids is 2. The van der Waals surface area contributed by atoms with Crippen LogP contribution < -0.4 is 15.6 Å². The molecule has 4 unspecified atom stereocenters. The van der Waals surface area contributed by atoms with Gasteiger partial charge < -0.3 is 30.1 Å². The molecule has 0 radical (unpaired) electrons. The number of likely N-dealkylation sites (tertiary alicyclic amines) is 1. The van der Waals surface area contributed by atoms with Crippen molar-refractivity contribution in [2.24, 2.45) is 0 Å². The van der Waals surface area contributed by atoms with Gasteiger partial charge in [-0.3, -0.25) is 4.79 Å². The van der Waals surface area contributed by atoms with Crippen LogP contribution in [-0.4, -0.2) is 69.4 Å². The van der Waals surface area contributed by atoms with Crippen molar-refractivity contribution in [2.45, 2.75) is 43.9 Å². The quantitative estimate of drug-likeness (QED) is 0.329. The third-order valence-corrected chi connectivity index (χ3v) is 6.63. The summed E-state index contributed by atoms with van der Waals surface area (Å²) in [6, 6.07) is 15.9. The van der Waals surface area contributed by atoms with Crippen molar-refractivity contribution in [2.75, 3.05) is 20.1 Å². The van der Waals surface area contributed by atoms with E-state index in [0.717, 1.165) is 59.4 Å². The largest absolute Gasteiger partial charge is 0.547 e. The number of benzene rings is 2. The maximum absolute atomic E-state index is 13.1. The van der Waals surface area contributed by atoms with Gasteiger partial charge in [-0.25, -0.2) is 9.48 Å². The van der Waals surface area contributed by atoms with Crippen LogP contribution in [-0.2, 0) is 16.0 Å². The number of aromatic nitrogens is 2. The van der Waals surface area contributed by atoms with Gasteiger partial charge in [-0.05, 0) is 36.6 Å². The Morgan fingerprint density at radius 2 is 1.73 bits per heavy atom. The summed E-state index contributed by atoms with van der Waals surface area (Å²) >= 11 is 6.02. The van der Waals surface area contributed by atoms with E-state index in [2.05, 4.69) is 7.05 Å². The summed E-state index contributed by atoms with van der Waals surface area (Å²) < 4.78 is 1.77. The second-order valence-corrected chi connectivity index (χ2v) is 9.57. The molecule has 1 fully saturated rings. The molecule has 11 heteroatoms. The molecule has 0 aliphatic carbocycles. The standard InChI is InChI=1S/C22H24ClN3O.C4H6O6/c1-25-13-4-5-18(12-14-25)26-22(27)20-7-3-2-6-19(20)21(24-26)15-16-8-10-17(23)11-9-16;5-1(3(7)8)2(6)4(9)10/h2-3,6-11,18H,4-5,12-15H2,1H3;1-2,5-6H,(H,7,8)(H,9,10). The van der Waals surface area contributed by atoms with Gasteiger partial charge in [-0.2, -0.15) is 5.10 Å². The third kappa shape index (κ3) is 7.36. The van der Waals surface area contributed by atoms with Crippen LogP contribution in [0.5, 0.6) is 0 Å². The highest BCUT2D eigenvalue weighted by molar-refractivity contribution is 6.30. The zero-order chi connectivity index (χ0) is 27.1. The Labute approximate surface area is 218 Å². The van der Waals surface area contributed by atoms with Crippen LogP contribution in [0.3, 0.4) is 0 Å². The minimum atomic E-state index is -2.38. The lowest BCUT2D eigenvalue weighted by atomic mass is 10.0. The Balaban J connectivity index is 0.000000325. The third-order valence-electron chi connectivity index (χ3n) is 6.37. The number of fused-ring (bicyclic) bond motifs is 1. The van der Waals surface area contributed by atoms with Gasteiger partial charge in [0.05, 0.1) is 43.2 Å². The van der Waals surface area contributed by atoms with Gasteiger partial charge >= 0.3 is 5.97 Å². The van der Waals surface area contributed by atoms with E-state index in [9.17, 15) is 19.5 Å². The van der Waals surface area contributed by atoms with Crippen LogP contribution >= 0.6 is 11.6 Å². The Hall–Kier alpha value is -3.31. The average Bonchev–Trinajstić information content (AvgIpc) is 3.10. The second kappa shape index (κ2) is 12.8. The predicted molar refractivity (Wildman–Crippen MR) is 134 cm³/mol. The molecule has 0 amide bonds. The zero-order valence-electron chi connectivity index (χ0n) is 20.3. The van der Waals surface area contributed by atoms with E-state index in [1.807, 2.05) is 48.5 Å². The van der Waals surface area contributed by atoms with Gasteiger partial charge in [0, 0.05) is 23.3 Å². The van der Waals surface area contributed by atoms with Crippen LogP contribution in [0.25, 0.3) is 10.8 Å². The second-order valence-electron chi connectivity index (χ2n) is 9.13. The summed E-state index contributed by atoms with van der Waals surface area (Å²) in [4.78, 5) is 34.1. The first kappa shape index (κ1) is 28.3. The monoisotopic (exact) mass is 531 g/mol. The van der Waals surface area contributed by atoms with E-state index in [4.69, 9.17) is 32.0 Å². The van der Waals surface area contributed by atoms with Gasteiger partial charge in [-0.15, -0.1) is 0 Å². The number of rotatable bonds is 6. The SMILES string of the molecule is C[NH+]1CCCC(n2nc(Cc3ccc(Cl)cc3)c3ccccc3c2=O)CC1.O=C([O-])C(O)C(O)C(=O)O. The molecule has 4 rings (SSSR count). The fourth-order valence-electron chi connectivity index (χ4n) is 4.28. The van der Waals surface area contributed by atoms with E-state index < -0.39 is 24.1 Å². The number of nitrogens with one attached hydrogen (secondary N) is 1. The summed E-state index contributed by atoms with van der Waals surface area (Å²) in [6.07, 6.45) is -0.872. The molecule has 37 heavy (non-hydrogen) atoms. The Kier molecular flexibility index (Phi) is 9.76. The smallest absolute Gasteiger partial charge is 0.335 e. The van der Waals surface area contributed by atoms with E-state index in [-0.39, 0.29) is 11.6 Å². The molecule has 2 heterocycles. The van der Waals surface area contributed by atoms with Crippen LogP contribution in [0.1, 0.15) is 36.6 Å². The fourth-order valence-corrected chi connectivity index (χ4v) is 4.40. The summed E-state index contributed by atoms with van der Waals surface area (Å²) in [5.41, 5.74) is 2.14.